The van der Waals surface area contributed by atoms with Gasteiger partial charge in [0.1, 0.15) is 6.10 Å². The second-order valence-corrected chi connectivity index (χ2v) is 9.93. The average molecular weight is 651 g/mol. The molecule has 0 aromatic rings. The molecule has 0 rings (SSSR count). The number of halogens is 8. The normalized spacial score (nSPS) is 13.6. The first-order valence-electron chi connectivity index (χ1n) is 12.7. The molecule has 0 saturated heterocycles. The molecule has 0 aromatic carbocycles. The van der Waals surface area contributed by atoms with E-state index in [9.17, 15) is 45.5 Å². The number of carbonyl (C=O) groups is 4. The van der Waals surface area contributed by atoms with Crippen LogP contribution in [0.4, 0.5) is 35.1 Å². The van der Waals surface area contributed by atoms with E-state index >= 15 is 8.78 Å². The summed E-state index contributed by atoms with van der Waals surface area (Å²) in [6, 6.07) is 0. The molecule has 0 N–H and O–H groups in total. The van der Waals surface area contributed by atoms with E-state index in [-0.39, 0.29) is 31.4 Å². The molecular weight excluding hydrogens is 616 g/mol. The molecule has 0 bridgehead atoms. The maximum Gasteiger partial charge on any atom is 0.382 e. The van der Waals surface area contributed by atoms with Gasteiger partial charge in [-0.25, -0.2) is 19.2 Å². The molecule has 0 amide bonds. The Morgan fingerprint density at radius 3 is 1.48 bits per heavy atom. The van der Waals surface area contributed by atoms with Crippen molar-refractivity contribution in [2.45, 2.75) is 89.3 Å². The maximum absolute atomic E-state index is 15.5. The minimum atomic E-state index is -7.02. The lowest BCUT2D eigenvalue weighted by atomic mass is 9.90. The Hall–Kier alpha value is -3.72. The highest BCUT2D eigenvalue weighted by Gasteiger charge is 2.83. The van der Waals surface area contributed by atoms with Gasteiger partial charge in [-0.3, -0.25) is 0 Å². The van der Waals surface area contributed by atoms with Crippen molar-refractivity contribution >= 4 is 23.9 Å². The number of ether oxygens (including phenoxy) is 4. The molecule has 8 nitrogen and oxygen atoms in total. The van der Waals surface area contributed by atoms with Gasteiger partial charge in [0, 0.05) is 22.3 Å². The molecule has 0 aliphatic rings. The lowest BCUT2D eigenvalue weighted by molar-refractivity contribution is -0.387. The molecule has 250 valence electrons. The fourth-order valence-corrected chi connectivity index (χ4v) is 3.01. The number of alkyl halides is 8. The summed E-state index contributed by atoms with van der Waals surface area (Å²) < 4.78 is 137. The Kier molecular flexibility index (Phi) is 14.5. The van der Waals surface area contributed by atoms with Crippen molar-refractivity contribution in [1.29, 1.82) is 0 Å². The van der Waals surface area contributed by atoms with Crippen LogP contribution in [0.1, 0.15) is 53.4 Å². The van der Waals surface area contributed by atoms with E-state index in [0.29, 0.717) is 0 Å². The lowest BCUT2D eigenvalue weighted by Gasteiger charge is -2.41. The summed E-state index contributed by atoms with van der Waals surface area (Å²) in [5.74, 6) is -32.2. The molecule has 0 fully saturated rings. The zero-order valence-corrected chi connectivity index (χ0v) is 24.5. The van der Waals surface area contributed by atoms with Gasteiger partial charge >= 0.3 is 47.6 Å². The second-order valence-electron chi connectivity index (χ2n) is 9.93. The van der Waals surface area contributed by atoms with E-state index in [0.717, 1.165) is 20.8 Å². The van der Waals surface area contributed by atoms with Gasteiger partial charge in [-0.1, -0.05) is 26.3 Å². The number of carbonyl (C=O) groups excluding carboxylic acids is 4. The second kappa shape index (κ2) is 15.8. The standard InChI is InChI=1S/C28H34F8O8/c1-15(2)21(37)41-13-11-9-10-12-19(43-23(39)17(5)6)20(44-24(40)18(7)8)26(31,32)28(35,36)27(33,34)25(29,30)14-42-22(38)16(3)4/h19-20H,1,3,5,7,9-14H2,2,4,6,8H3. The zero-order chi connectivity index (χ0) is 34.8. The van der Waals surface area contributed by atoms with Gasteiger partial charge in [0.25, 0.3) is 0 Å². The van der Waals surface area contributed by atoms with E-state index < -0.39 is 89.5 Å². The number of hydrogen-bond acceptors (Lipinski definition) is 8. The Labute approximate surface area is 248 Å². The molecular formula is C28H34F8O8. The molecule has 0 spiro atoms. The molecule has 2 atom stereocenters. The van der Waals surface area contributed by atoms with Gasteiger partial charge in [0.05, 0.1) is 6.61 Å². The minimum absolute atomic E-state index is 0.0178. The summed E-state index contributed by atoms with van der Waals surface area (Å²) >= 11 is 0. The van der Waals surface area contributed by atoms with E-state index in [1.165, 1.54) is 6.92 Å². The van der Waals surface area contributed by atoms with Crippen molar-refractivity contribution in [3.8, 4) is 0 Å². The predicted molar refractivity (Wildman–Crippen MR) is 139 cm³/mol. The highest BCUT2D eigenvalue weighted by molar-refractivity contribution is 5.88. The SMILES string of the molecule is C=C(C)C(=O)OCCCCCC(OC(=O)C(=C)C)C(OC(=O)C(=C)C)C(F)(F)C(F)(F)C(F)(F)C(F)(F)COC(=O)C(=C)C. The van der Waals surface area contributed by atoms with Crippen molar-refractivity contribution in [2.24, 2.45) is 0 Å². The first-order chi connectivity index (χ1) is 19.8. The molecule has 16 heteroatoms. The van der Waals surface area contributed by atoms with E-state index in [4.69, 9.17) is 9.47 Å². The van der Waals surface area contributed by atoms with Crippen molar-refractivity contribution in [2.75, 3.05) is 13.2 Å². The third-order valence-electron chi connectivity index (χ3n) is 5.60. The van der Waals surface area contributed by atoms with Gasteiger partial charge in [0.15, 0.2) is 6.61 Å². The molecule has 2 unspecified atom stereocenters. The largest absolute Gasteiger partial charge is 0.462 e. The molecule has 0 aliphatic carbocycles. The fraction of sp³-hybridized carbons (Fsp3) is 0.571. The van der Waals surface area contributed by atoms with Crippen LogP contribution in [-0.2, 0) is 38.1 Å². The van der Waals surface area contributed by atoms with Crippen LogP contribution in [0.25, 0.3) is 0 Å². The summed E-state index contributed by atoms with van der Waals surface area (Å²) in [7, 11) is 0. The molecule has 0 aromatic heterocycles. The van der Waals surface area contributed by atoms with Crippen molar-refractivity contribution < 1.29 is 73.2 Å². The number of esters is 4. The van der Waals surface area contributed by atoms with Gasteiger partial charge in [0.2, 0.25) is 6.10 Å². The highest BCUT2D eigenvalue weighted by atomic mass is 19.4. The third-order valence-corrected chi connectivity index (χ3v) is 5.60. The van der Waals surface area contributed by atoms with E-state index in [1.807, 2.05) is 0 Å². The summed E-state index contributed by atoms with van der Waals surface area (Å²) in [6.45, 7) is 13.8. The van der Waals surface area contributed by atoms with Gasteiger partial charge in [-0.2, -0.15) is 35.1 Å². The molecule has 0 heterocycles. The first-order valence-corrected chi connectivity index (χ1v) is 12.7. The van der Waals surface area contributed by atoms with Crippen LogP contribution < -0.4 is 0 Å². The molecule has 0 radical (unpaired) electrons. The topological polar surface area (TPSA) is 105 Å². The summed E-state index contributed by atoms with van der Waals surface area (Å²) in [6.07, 6.45) is -7.51. The number of rotatable bonds is 19. The quantitative estimate of drug-likeness (QED) is 0.0528. The summed E-state index contributed by atoms with van der Waals surface area (Å²) in [5.41, 5.74) is -1.69. The Morgan fingerprint density at radius 2 is 1.02 bits per heavy atom. The highest BCUT2D eigenvalue weighted by Crippen LogP contribution is 2.55. The Balaban J connectivity index is 6.55. The minimum Gasteiger partial charge on any atom is -0.462 e. The molecule has 0 aliphatic heterocycles. The van der Waals surface area contributed by atoms with Gasteiger partial charge < -0.3 is 18.9 Å². The number of unbranched alkanes of at least 4 members (excludes halogenated alkanes) is 2. The Bertz CT molecular complexity index is 1150. The smallest absolute Gasteiger partial charge is 0.382 e. The predicted octanol–water partition coefficient (Wildman–Crippen LogP) is 6.30. The first kappa shape index (κ1) is 40.3. The van der Waals surface area contributed by atoms with E-state index in [1.54, 1.807) is 0 Å². The van der Waals surface area contributed by atoms with Gasteiger partial charge in [-0.15, -0.1) is 0 Å². The van der Waals surface area contributed by atoms with Crippen LogP contribution in [0, 0.1) is 0 Å². The fourth-order valence-electron chi connectivity index (χ4n) is 3.01. The van der Waals surface area contributed by atoms with Crippen LogP contribution >= 0.6 is 0 Å². The lowest BCUT2D eigenvalue weighted by Crippen LogP contribution is -2.68. The summed E-state index contributed by atoms with van der Waals surface area (Å²) in [5, 5.41) is 0. The van der Waals surface area contributed by atoms with Gasteiger partial charge in [-0.05, 0) is 53.4 Å². The number of hydrogen-bond donors (Lipinski definition) is 0. The zero-order valence-electron chi connectivity index (χ0n) is 24.5. The maximum atomic E-state index is 15.5. The summed E-state index contributed by atoms with van der Waals surface area (Å²) in [4.78, 5) is 47.1. The van der Waals surface area contributed by atoms with Crippen LogP contribution in [0.15, 0.2) is 48.6 Å². The van der Waals surface area contributed by atoms with Crippen LogP contribution in [0.2, 0.25) is 0 Å². The third kappa shape index (κ3) is 10.2. The Morgan fingerprint density at radius 1 is 0.591 bits per heavy atom. The molecule has 0 saturated carbocycles. The van der Waals surface area contributed by atoms with Crippen LogP contribution in [0.3, 0.4) is 0 Å². The van der Waals surface area contributed by atoms with Crippen molar-refractivity contribution in [1.82, 2.24) is 0 Å². The monoisotopic (exact) mass is 650 g/mol. The van der Waals surface area contributed by atoms with Crippen molar-refractivity contribution in [3.05, 3.63) is 48.6 Å². The average Bonchev–Trinajstić information content (AvgIpc) is 2.90. The van der Waals surface area contributed by atoms with Crippen LogP contribution in [0.5, 0.6) is 0 Å². The van der Waals surface area contributed by atoms with Crippen molar-refractivity contribution in [3.63, 3.8) is 0 Å². The molecule has 44 heavy (non-hydrogen) atoms. The van der Waals surface area contributed by atoms with E-state index in [2.05, 4.69) is 35.8 Å². The van der Waals surface area contributed by atoms with Crippen LogP contribution in [-0.4, -0.2) is 73.0 Å².